The summed E-state index contributed by atoms with van der Waals surface area (Å²) >= 11 is 15.4. The lowest BCUT2D eigenvalue weighted by molar-refractivity contribution is 0.627. The fourth-order valence-corrected chi connectivity index (χ4v) is 2.49. The minimum atomic E-state index is -0.328. The predicted molar refractivity (Wildman–Crippen MR) is 85.8 cm³/mol. The molecule has 2 aromatic rings. The number of aromatic nitrogens is 1. The molecule has 1 heterocycles. The molecule has 7 heteroatoms. The molecular formula is C13H11BrCl2FN3. The van der Waals surface area contributed by atoms with Crippen molar-refractivity contribution in [2.75, 3.05) is 17.2 Å². The van der Waals surface area contributed by atoms with Gasteiger partial charge in [-0.1, -0.05) is 23.2 Å². The highest BCUT2D eigenvalue weighted by Crippen LogP contribution is 2.33. The second-order valence-corrected chi connectivity index (χ2v) is 5.60. The summed E-state index contributed by atoms with van der Waals surface area (Å²) in [7, 11) is 0. The van der Waals surface area contributed by atoms with Crippen LogP contribution in [0, 0.1) is 5.82 Å². The van der Waals surface area contributed by atoms with E-state index in [-0.39, 0.29) is 5.82 Å². The fraction of sp³-hybridized carbons (Fsp3) is 0.154. The number of nitrogens with zero attached hydrogens (tertiary/aromatic N) is 1. The molecule has 0 aliphatic carbocycles. The topological polar surface area (TPSA) is 37.0 Å². The molecule has 0 fully saturated rings. The molecule has 1 aromatic heterocycles. The van der Waals surface area contributed by atoms with Crippen molar-refractivity contribution < 1.29 is 4.39 Å². The first-order valence-corrected chi connectivity index (χ1v) is 7.38. The summed E-state index contributed by atoms with van der Waals surface area (Å²) in [6.07, 6.45) is 0. The molecule has 0 amide bonds. The van der Waals surface area contributed by atoms with Gasteiger partial charge in [0, 0.05) is 11.0 Å². The number of halogens is 4. The molecule has 1 aromatic carbocycles. The largest absolute Gasteiger partial charge is 0.369 e. The zero-order valence-corrected chi connectivity index (χ0v) is 13.6. The van der Waals surface area contributed by atoms with Gasteiger partial charge in [0.1, 0.15) is 11.6 Å². The van der Waals surface area contributed by atoms with Gasteiger partial charge in [0.15, 0.2) is 5.82 Å². The van der Waals surface area contributed by atoms with Gasteiger partial charge in [0.2, 0.25) is 0 Å². The van der Waals surface area contributed by atoms with Gasteiger partial charge >= 0.3 is 0 Å². The summed E-state index contributed by atoms with van der Waals surface area (Å²) in [4.78, 5) is 4.32. The van der Waals surface area contributed by atoms with Crippen molar-refractivity contribution in [1.82, 2.24) is 4.98 Å². The Morgan fingerprint density at radius 1 is 1.20 bits per heavy atom. The number of pyridine rings is 1. The maximum atomic E-state index is 13.1. The first kappa shape index (κ1) is 15.4. The van der Waals surface area contributed by atoms with Gasteiger partial charge in [-0.2, -0.15) is 0 Å². The molecule has 0 unspecified atom stereocenters. The SMILES string of the molecule is CCNc1nc(Nc2ccc(F)cc2Br)c(Cl)cc1Cl. The summed E-state index contributed by atoms with van der Waals surface area (Å²) in [5, 5.41) is 6.91. The van der Waals surface area contributed by atoms with Crippen LogP contribution in [0.1, 0.15) is 6.92 Å². The van der Waals surface area contributed by atoms with Crippen LogP contribution in [0.25, 0.3) is 0 Å². The van der Waals surface area contributed by atoms with E-state index >= 15 is 0 Å². The van der Waals surface area contributed by atoms with Gasteiger partial charge in [-0.05, 0) is 47.1 Å². The molecule has 0 saturated heterocycles. The zero-order valence-electron chi connectivity index (χ0n) is 10.5. The van der Waals surface area contributed by atoms with Crippen LogP contribution in [0.15, 0.2) is 28.7 Å². The molecule has 0 aliphatic rings. The Morgan fingerprint density at radius 3 is 2.55 bits per heavy atom. The smallest absolute Gasteiger partial charge is 0.151 e. The molecule has 2 rings (SSSR count). The van der Waals surface area contributed by atoms with Gasteiger partial charge in [-0.3, -0.25) is 0 Å². The fourth-order valence-electron chi connectivity index (χ4n) is 1.56. The number of anilines is 3. The highest BCUT2D eigenvalue weighted by atomic mass is 79.9. The van der Waals surface area contributed by atoms with Crippen LogP contribution < -0.4 is 10.6 Å². The first-order chi connectivity index (χ1) is 9.51. The minimum absolute atomic E-state index is 0.328. The van der Waals surface area contributed by atoms with Crippen molar-refractivity contribution in [2.45, 2.75) is 6.92 Å². The van der Waals surface area contributed by atoms with Crippen molar-refractivity contribution in [3.63, 3.8) is 0 Å². The van der Waals surface area contributed by atoms with Crippen LogP contribution in [0.5, 0.6) is 0 Å². The van der Waals surface area contributed by atoms with E-state index in [2.05, 4.69) is 31.5 Å². The van der Waals surface area contributed by atoms with Crippen LogP contribution in [0.2, 0.25) is 10.0 Å². The van der Waals surface area contributed by atoms with Crippen LogP contribution >= 0.6 is 39.1 Å². The Kier molecular flexibility index (Phi) is 5.07. The van der Waals surface area contributed by atoms with Gasteiger partial charge in [-0.15, -0.1) is 0 Å². The number of hydrogen-bond acceptors (Lipinski definition) is 3. The molecule has 0 atom stereocenters. The molecule has 0 radical (unpaired) electrons. The molecule has 3 nitrogen and oxygen atoms in total. The number of benzene rings is 1. The third-order valence-corrected chi connectivity index (χ3v) is 3.69. The second kappa shape index (κ2) is 6.61. The van der Waals surface area contributed by atoms with E-state index in [1.165, 1.54) is 12.1 Å². The average molecular weight is 379 g/mol. The van der Waals surface area contributed by atoms with Crippen LogP contribution in [-0.4, -0.2) is 11.5 Å². The van der Waals surface area contributed by atoms with E-state index in [0.717, 1.165) is 0 Å². The summed E-state index contributed by atoms with van der Waals surface area (Å²) in [5.41, 5.74) is 0.658. The van der Waals surface area contributed by atoms with Crippen molar-refractivity contribution in [3.05, 3.63) is 44.6 Å². The second-order valence-electron chi connectivity index (χ2n) is 3.93. The van der Waals surface area contributed by atoms with E-state index in [1.54, 1.807) is 12.1 Å². The predicted octanol–water partition coefficient (Wildman–Crippen LogP) is 5.47. The van der Waals surface area contributed by atoms with Crippen LogP contribution in [-0.2, 0) is 0 Å². The Hall–Kier alpha value is -1.04. The summed E-state index contributed by atoms with van der Waals surface area (Å²) in [6.45, 7) is 2.63. The van der Waals surface area contributed by atoms with Gasteiger partial charge < -0.3 is 10.6 Å². The lowest BCUT2D eigenvalue weighted by atomic mass is 10.3. The van der Waals surface area contributed by atoms with Gasteiger partial charge in [0.25, 0.3) is 0 Å². The summed E-state index contributed by atoms with van der Waals surface area (Å²) in [5.74, 6) is 0.657. The van der Waals surface area contributed by atoms with E-state index < -0.39 is 0 Å². The zero-order chi connectivity index (χ0) is 14.7. The van der Waals surface area contributed by atoms with Crippen molar-refractivity contribution in [3.8, 4) is 0 Å². The lowest BCUT2D eigenvalue weighted by Gasteiger charge is -2.12. The molecule has 2 N–H and O–H groups in total. The molecule has 0 spiro atoms. The molecular weight excluding hydrogens is 368 g/mol. The normalized spacial score (nSPS) is 10.4. The summed E-state index contributed by atoms with van der Waals surface area (Å²) in [6, 6.07) is 5.91. The Labute approximate surface area is 134 Å². The van der Waals surface area contributed by atoms with E-state index in [9.17, 15) is 4.39 Å². The van der Waals surface area contributed by atoms with Gasteiger partial charge in [-0.25, -0.2) is 9.37 Å². The quantitative estimate of drug-likeness (QED) is 0.741. The average Bonchev–Trinajstić information content (AvgIpc) is 2.38. The molecule has 0 bridgehead atoms. The molecule has 20 heavy (non-hydrogen) atoms. The maximum absolute atomic E-state index is 13.1. The lowest BCUT2D eigenvalue weighted by Crippen LogP contribution is -2.03. The van der Waals surface area contributed by atoms with E-state index in [4.69, 9.17) is 23.2 Å². The van der Waals surface area contributed by atoms with Crippen molar-refractivity contribution in [1.29, 1.82) is 0 Å². The number of hydrogen-bond donors (Lipinski definition) is 2. The third kappa shape index (κ3) is 3.53. The Morgan fingerprint density at radius 2 is 1.90 bits per heavy atom. The number of nitrogens with one attached hydrogen (secondary N) is 2. The third-order valence-electron chi connectivity index (χ3n) is 2.46. The first-order valence-electron chi connectivity index (χ1n) is 5.83. The standard InChI is InChI=1S/C13H11BrCl2FN3/c1-2-18-12-9(15)6-10(16)13(20-12)19-11-4-3-7(17)5-8(11)14/h3-6H,2H2,1H3,(H2,18,19,20). The highest BCUT2D eigenvalue weighted by Gasteiger charge is 2.10. The van der Waals surface area contributed by atoms with E-state index in [0.29, 0.717) is 38.4 Å². The molecule has 0 aliphatic heterocycles. The van der Waals surface area contributed by atoms with Crippen LogP contribution in [0.3, 0.4) is 0 Å². The highest BCUT2D eigenvalue weighted by molar-refractivity contribution is 9.10. The van der Waals surface area contributed by atoms with Crippen molar-refractivity contribution in [2.24, 2.45) is 0 Å². The molecule has 0 saturated carbocycles. The van der Waals surface area contributed by atoms with E-state index in [1.807, 2.05) is 6.92 Å². The summed E-state index contributed by atoms with van der Waals surface area (Å²) < 4.78 is 13.6. The number of rotatable bonds is 4. The van der Waals surface area contributed by atoms with Crippen molar-refractivity contribution >= 4 is 56.5 Å². The minimum Gasteiger partial charge on any atom is -0.369 e. The maximum Gasteiger partial charge on any atom is 0.151 e. The molecule has 106 valence electrons. The Bertz CT molecular complexity index is 637. The van der Waals surface area contributed by atoms with Gasteiger partial charge in [0.05, 0.1) is 15.7 Å². The Balaban J connectivity index is 2.35. The van der Waals surface area contributed by atoms with Crippen LogP contribution in [0.4, 0.5) is 21.7 Å². The monoisotopic (exact) mass is 377 g/mol.